The van der Waals surface area contributed by atoms with E-state index in [0.29, 0.717) is 22.6 Å². The molecule has 0 spiro atoms. The van der Waals surface area contributed by atoms with Gasteiger partial charge in [0, 0.05) is 11.1 Å². The first kappa shape index (κ1) is 17.1. The molecule has 0 saturated heterocycles. The molecule has 2 aromatic carbocycles. The lowest BCUT2D eigenvalue weighted by atomic mass is 10.1. The van der Waals surface area contributed by atoms with E-state index in [1.807, 2.05) is 0 Å². The van der Waals surface area contributed by atoms with E-state index < -0.39 is 10.0 Å². The van der Waals surface area contributed by atoms with Crippen molar-refractivity contribution in [3.05, 3.63) is 59.2 Å². The summed E-state index contributed by atoms with van der Waals surface area (Å²) in [6.45, 7) is 0.0884. The second-order valence-electron chi connectivity index (χ2n) is 5.33. The Hall–Kier alpha value is -2.71. The molecule has 0 saturated carbocycles. The summed E-state index contributed by atoms with van der Waals surface area (Å²) in [6.07, 6.45) is 1.58. The minimum absolute atomic E-state index is 0.105. The summed E-state index contributed by atoms with van der Waals surface area (Å²) in [5, 5.41) is 13.3. The van der Waals surface area contributed by atoms with Crippen molar-refractivity contribution in [1.29, 1.82) is 0 Å². The van der Waals surface area contributed by atoms with E-state index in [0.717, 1.165) is 5.56 Å². The van der Waals surface area contributed by atoms with Crippen LogP contribution < -0.4 is 10.2 Å². The molecule has 7 nitrogen and oxygen atoms in total. The molecule has 2 aromatic rings. The molecule has 0 bridgehead atoms. The summed E-state index contributed by atoms with van der Waals surface area (Å²) in [6, 6.07) is 12.0. The number of sulfonamides is 1. The van der Waals surface area contributed by atoms with Crippen LogP contribution in [-0.4, -0.2) is 39.1 Å². The summed E-state index contributed by atoms with van der Waals surface area (Å²) in [4.78, 5) is 0.222. The van der Waals surface area contributed by atoms with Crippen LogP contribution >= 0.6 is 0 Å². The lowest BCUT2D eigenvalue weighted by Gasteiger charge is -2.06. The number of aliphatic hydroxyl groups excluding tert-OH is 1. The third-order valence-corrected chi connectivity index (χ3v) is 5.11. The third-order valence-electron chi connectivity index (χ3n) is 3.74. The summed E-state index contributed by atoms with van der Waals surface area (Å²) in [7, 11) is -2.07. The van der Waals surface area contributed by atoms with Gasteiger partial charge >= 0.3 is 0 Å². The molecule has 3 rings (SSSR count). The van der Waals surface area contributed by atoms with Crippen LogP contribution in [0.1, 0.15) is 16.7 Å². The van der Waals surface area contributed by atoms with Crippen molar-refractivity contribution in [3.63, 3.8) is 0 Å². The lowest BCUT2D eigenvalue weighted by molar-refractivity contribution is 0.274. The van der Waals surface area contributed by atoms with Gasteiger partial charge in [0.15, 0.2) is 0 Å². The Balaban J connectivity index is 1.69. The van der Waals surface area contributed by atoms with Crippen LogP contribution in [0.2, 0.25) is 0 Å². The predicted octanol–water partition coefficient (Wildman–Crippen LogP) is 1.30. The maximum atomic E-state index is 12.0. The van der Waals surface area contributed by atoms with Crippen molar-refractivity contribution in [3.8, 4) is 5.75 Å². The fourth-order valence-electron chi connectivity index (χ4n) is 2.51. The zero-order valence-corrected chi connectivity index (χ0v) is 14.3. The zero-order valence-electron chi connectivity index (χ0n) is 13.5. The highest BCUT2D eigenvalue weighted by Gasteiger charge is 2.27. The molecule has 130 valence electrons. The van der Waals surface area contributed by atoms with Crippen molar-refractivity contribution < 1.29 is 18.3 Å². The van der Waals surface area contributed by atoms with Crippen molar-refractivity contribution in [1.82, 2.24) is 5.43 Å². The molecule has 1 heterocycles. The van der Waals surface area contributed by atoms with Gasteiger partial charge in [-0.25, -0.2) is 0 Å². The minimum atomic E-state index is -3.60. The molecule has 0 aromatic heterocycles. The first-order valence-electron chi connectivity index (χ1n) is 7.52. The summed E-state index contributed by atoms with van der Waals surface area (Å²) in [5.74, 6) is 0.576. The number of benzene rings is 2. The molecule has 1 aliphatic heterocycles. The quantitative estimate of drug-likeness (QED) is 0.598. The van der Waals surface area contributed by atoms with Crippen molar-refractivity contribution in [2.24, 2.45) is 9.50 Å². The molecule has 2 N–H and O–H groups in total. The highest BCUT2D eigenvalue weighted by atomic mass is 32.2. The second kappa shape index (κ2) is 7.04. The average Bonchev–Trinajstić information content (AvgIpc) is 2.89. The summed E-state index contributed by atoms with van der Waals surface area (Å²) < 4.78 is 32.9. The van der Waals surface area contributed by atoms with E-state index in [9.17, 15) is 13.5 Å². The van der Waals surface area contributed by atoms with Gasteiger partial charge in [0.1, 0.15) is 5.75 Å². The number of nitrogens with zero attached hydrogens (tertiary/aromatic N) is 2. The standard InChI is InChI=1S/C17H17N3O4S/c1-24-16-8-12(6-7-13(16)11-21)9-18-19-10-15-14-4-2-3-5-17(14)25(22,23)20-15/h2-9,19,21H,10-11H2,1H3/b18-9+. The van der Waals surface area contributed by atoms with Gasteiger partial charge in [0.05, 0.1) is 37.1 Å². The van der Waals surface area contributed by atoms with Gasteiger partial charge in [-0.2, -0.15) is 17.9 Å². The van der Waals surface area contributed by atoms with Crippen LogP contribution in [0.4, 0.5) is 0 Å². The number of nitrogens with one attached hydrogen (secondary N) is 1. The van der Waals surface area contributed by atoms with Gasteiger partial charge in [-0.3, -0.25) is 0 Å². The Bertz CT molecular complexity index is 952. The Morgan fingerprint density at radius 2 is 2.08 bits per heavy atom. The molecule has 0 fully saturated rings. The van der Waals surface area contributed by atoms with Crippen molar-refractivity contribution in [2.45, 2.75) is 11.5 Å². The topological polar surface area (TPSA) is 100 Å². The van der Waals surface area contributed by atoms with Gasteiger partial charge in [-0.15, -0.1) is 0 Å². The Morgan fingerprint density at radius 3 is 2.84 bits per heavy atom. The Kier molecular flexibility index (Phi) is 4.82. The molecule has 1 aliphatic rings. The van der Waals surface area contributed by atoms with Crippen LogP contribution in [0.3, 0.4) is 0 Å². The average molecular weight is 359 g/mol. The zero-order chi connectivity index (χ0) is 17.9. The molecule has 25 heavy (non-hydrogen) atoms. The van der Waals surface area contributed by atoms with E-state index in [1.54, 1.807) is 48.7 Å². The number of hydrogen-bond acceptors (Lipinski definition) is 6. The van der Waals surface area contributed by atoms with Crippen LogP contribution in [0, 0.1) is 0 Å². The number of aliphatic hydroxyl groups is 1. The summed E-state index contributed by atoms with van der Waals surface area (Å²) >= 11 is 0. The van der Waals surface area contributed by atoms with Crippen LogP contribution in [-0.2, 0) is 16.6 Å². The normalized spacial score (nSPS) is 15.0. The molecular formula is C17H17N3O4S. The third kappa shape index (κ3) is 3.54. The fraction of sp³-hybridized carbons (Fsp3) is 0.176. The lowest BCUT2D eigenvalue weighted by Crippen LogP contribution is -2.18. The Morgan fingerprint density at radius 1 is 1.28 bits per heavy atom. The van der Waals surface area contributed by atoms with Gasteiger partial charge in [0.25, 0.3) is 10.0 Å². The largest absolute Gasteiger partial charge is 0.496 e. The highest BCUT2D eigenvalue weighted by Crippen LogP contribution is 2.25. The Labute approximate surface area is 145 Å². The molecule has 0 amide bonds. The maximum absolute atomic E-state index is 12.0. The smallest absolute Gasteiger partial charge is 0.283 e. The molecule has 0 aliphatic carbocycles. The van der Waals surface area contributed by atoms with E-state index in [-0.39, 0.29) is 18.0 Å². The van der Waals surface area contributed by atoms with Gasteiger partial charge in [-0.1, -0.05) is 30.3 Å². The number of hydrogen-bond donors (Lipinski definition) is 2. The number of fused-ring (bicyclic) bond motifs is 1. The van der Waals surface area contributed by atoms with E-state index >= 15 is 0 Å². The monoisotopic (exact) mass is 359 g/mol. The summed E-state index contributed by atoms with van der Waals surface area (Å²) in [5.41, 5.74) is 5.30. The van der Waals surface area contributed by atoms with E-state index in [1.165, 1.54) is 7.11 Å². The molecule has 0 unspecified atom stereocenters. The number of ether oxygens (including phenoxy) is 1. The molecule has 8 heteroatoms. The van der Waals surface area contributed by atoms with Gasteiger partial charge in [-0.05, 0) is 17.7 Å². The van der Waals surface area contributed by atoms with E-state index in [4.69, 9.17) is 4.74 Å². The maximum Gasteiger partial charge on any atom is 0.283 e. The highest BCUT2D eigenvalue weighted by molar-refractivity contribution is 7.90. The number of methoxy groups -OCH3 is 1. The minimum Gasteiger partial charge on any atom is -0.496 e. The molecule has 0 atom stereocenters. The SMILES string of the molecule is COc1cc(/C=N/NCC2=NS(=O)(=O)c3ccccc32)ccc1CO. The van der Waals surface area contributed by atoms with Gasteiger partial charge < -0.3 is 15.3 Å². The first-order valence-corrected chi connectivity index (χ1v) is 8.96. The second-order valence-corrected chi connectivity index (χ2v) is 6.90. The number of hydrazone groups is 1. The van der Waals surface area contributed by atoms with Crippen molar-refractivity contribution in [2.75, 3.05) is 13.7 Å². The van der Waals surface area contributed by atoms with Gasteiger partial charge in [0.2, 0.25) is 0 Å². The fourth-order valence-corrected chi connectivity index (χ4v) is 3.78. The van der Waals surface area contributed by atoms with Crippen molar-refractivity contribution >= 4 is 21.9 Å². The predicted molar refractivity (Wildman–Crippen MR) is 94.7 cm³/mol. The van der Waals surface area contributed by atoms with Crippen LogP contribution in [0.15, 0.2) is 56.9 Å². The van der Waals surface area contributed by atoms with E-state index in [2.05, 4.69) is 14.9 Å². The van der Waals surface area contributed by atoms with Crippen LogP contribution in [0.25, 0.3) is 0 Å². The molecule has 0 radical (unpaired) electrons. The van der Waals surface area contributed by atoms with Crippen LogP contribution in [0.5, 0.6) is 5.75 Å². The number of rotatable bonds is 6. The first-order chi connectivity index (χ1) is 12.0. The molecular weight excluding hydrogens is 342 g/mol.